The van der Waals surface area contributed by atoms with Gasteiger partial charge in [0.25, 0.3) is 0 Å². The molecule has 0 radical (unpaired) electrons. The largest absolute Gasteiger partial charge is 0.468 e. The number of likely N-dealkylation sites (tertiary alicyclic amines) is 1. The topological polar surface area (TPSA) is 174 Å². The molecule has 0 N–H and O–H groups in total. The maximum atomic E-state index is 14.3. The fourth-order valence-corrected chi connectivity index (χ4v) is 6.70. The van der Waals surface area contributed by atoms with Gasteiger partial charge < -0.3 is 28.4 Å². The first kappa shape index (κ1) is 43.6. The lowest BCUT2D eigenvalue weighted by atomic mass is 10.0. The number of rotatable bonds is 13. The third kappa shape index (κ3) is 13.6. The number of nitrogens with zero attached hydrogens (tertiary/aromatic N) is 5. The van der Waals surface area contributed by atoms with Gasteiger partial charge in [-0.15, -0.1) is 0 Å². The van der Waals surface area contributed by atoms with Crippen LogP contribution in [-0.4, -0.2) is 178 Å². The fraction of sp³-hybridized carbons (Fsp3) is 0.538. The van der Waals surface area contributed by atoms with Crippen LogP contribution in [-0.2, 0) is 65.6 Å². The monoisotopic (exact) mass is 783 g/mol. The van der Waals surface area contributed by atoms with Crippen LogP contribution in [0.5, 0.6) is 0 Å². The number of hydrogen-bond donors (Lipinski definition) is 0. The zero-order chi connectivity index (χ0) is 40.5. The SMILES string of the molecule is COC(=O)CN1CCN(CC(=O)OC)CCN([C@@H]2[C@@H](OC(C)=O)CN(C(=O)OCc3ccccc3)[C@@H]2C(=O)OCc2ccccc2)CCN(CC(=O)OC)CC1. The van der Waals surface area contributed by atoms with Crippen molar-refractivity contribution in [2.75, 3.05) is 99.9 Å². The van der Waals surface area contributed by atoms with E-state index in [0.29, 0.717) is 26.2 Å². The van der Waals surface area contributed by atoms with E-state index in [2.05, 4.69) is 0 Å². The van der Waals surface area contributed by atoms with E-state index in [4.69, 9.17) is 28.4 Å². The molecule has 2 aliphatic rings. The standard InChI is InChI=1S/C39H53N5O12/c1-29(45)56-32-23-44(39(50)55-28-31-13-9-6-10-14-31)37(38(49)54-27-30-11-7-5-8-12-30)36(32)43-21-19-41(25-34(47)52-3)17-15-40(24-33(46)51-2)16-18-42(20-22-43)26-35(48)53-4/h5-14,32,36-37H,15-28H2,1-4H3/t32-,36+,37-/m0/s1. The Bertz CT molecular complexity index is 1570. The van der Waals surface area contributed by atoms with Crippen molar-refractivity contribution in [3.05, 3.63) is 71.8 Å². The second-order valence-electron chi connectivity index (χ2n) is 13.5. The molecule has 0 aromatic heterocycles. The Kier molecular flexibility index (Phi) is 17.5. The van der Waals surface area contributed by atoms with Crippen molar-refractivity contribution in [3.63, 3.8) is 0 Å². The van der Waals surface area contributed by atoms with Crippen molar-refractivity contribution in [1.29, 1.82) is 0 Å². The maximum Gasteiger partial charge on any atom is 0.411 e. The zero-order valence-electron chi connectivity index (χ0n) is 32.5. The van der Waals surface area contributed by atoms with Gasteiger partial charge in [-0.05, 0) is 11.1 Å². The van der Waals surface area contributed by atoms with Crippen molar-refractivity contribution in [1.82, 2.24) is 24.5 Å². The van der Waals surface area contributed by atoms with Gasteiger partial charge in [-0.3, -0.25) is 43.7 Å². The third-order valence-electron chi connectivity index (χ3n) is 9.67. The minimum absolute atomic E-state index is 0.00409. The highest BCUT2D eigenvalue weighted by Gasteiger charge is 2.53. The van der Waals surface area contributed by atoms with E-state index in [1.165, 1.54) is 33.2 Å². The van der Waals surface area contributed by atoms with E-state index in [0.717, 1.165) is 11.1 Å². The van der Waals surface area contributed by atoms with Crippen molar-refractivity contribution in [2.24, 2.45) is 0 Å². The summed E-state index contributed by atoms with van der Waals surface area (Å²) in [6.45, 7) is 3.21. The van der Waals surface area contributed by atoms with Crippen LogP contribution in [0.2, 0.25) is 0 Å². The van der Waals surface area contributed by atoms with E-state index in [-0.39, 0.29) is 65.6 Å². The fourth-order valence-electron chi connectivity index (χ4n) is 6.70. The Hall–Kier alpha value is -5.10. The molecular formula is C39H53N5O12. The van der Waals surface area contributed by atoms with Gasteiger partial charge in [-0.1, -0.05) is 60.7 Å². The summed E-state index contributed by atoms with van der Waals surface area (Å²) < 4.78 is 32.3. The highest BCUT2D eigenvalue weighted by molar-refractivity contribution is 5.84. The van der Waals surface area contributed by atoms with E-state index < -0.39 is 54.1 Å². The number of methoxy groups -OCH3 is 3. The van der Waals surface area contributed by atoms with Crippen LogP contribution < -0.4 is 0 Å². The molecule has 2 aliphatic heterocycles. The number of carbonyl (C=O) groups is 6. The molecule has 3 atom stereocenters. The van der Waals surface area contributed by atoms with Crippen LogP contribution in [0.1, 0.15) is 18.1 Å². The molecular weight excluding hydrogens is 730 g/mol. The van der Waals surface area contributed by atoms with E-state index in [9.17, 15) is 28.8 Å². The van der Waals surface area contributed by atoms with Crippen LogP contribution >= 0.6 is 0 Å². The summed E-state index contributed by atoms with van der Waals surface area (Å²) in [5, 5.41) is 0. The second-order valence-corrected chi connectivity index (χ2v) is 13.5. The van der Waals surface area contributed by atoms with E-state index in [1.807, 2.05) is 56.0 Å². The Balaban J connectivity index is 1.71. The first-order valence-electron chi connectivity index (χ1n) is 18.5. The van der Waals surface area contributed by atoms with Crippen LogP contribution in [0.15, 0.2) is 60.7 Å². The van der Waals surface area contributed by atoms with E-state index >= 15 is 0 Å². The minimum atomic E-state index is -1.28. The predicted molar refractivity (Wildman–Crippen MR) is 200 cm³/mol. The minimum Gasteiger partial charge on any atom is -0.468 e. The molecule has 0 saturated carbocycles. The van der Waals surface area contributed by atoms with Gasteiger partial charge in [0, 0.05) is 59.3 Å². The predicted octanol–water partition coefficient (Wildman–Crippen LogP) is 0.792. The summed E-state index contributed by atoms with van der Waals surface area (Å²) in [6, 6.07) is 16.0. The Morgan fingerprint density at radius 2 is 1.00 bits per heavy atom. The van der Waals surface area contributed by atoms with Gasteiger partial charge in [-0.2, -0.15) is 0 Å². The molecule has 2 aromatic rings. The molecule has 2 heterocycles. The number of carbonyl (C=O) groups excluding carboxylic acids is 6. The van der Waals surface area contributed by atoms with Gasteiger partial charge in [0.05, 0.1) is 53.6 Å². The molecule has 0 spiro atoms. The lowest BCUT2D eigenvalue weighted by molar-refractivity contribution is -0.155. The Labute approximate surface area is 327 Å². The molecule has 0 bridgehead atoms. The molecule has 17 heteroatoms. The molecule has 2 fully saturated rings. The maximum absolute atomic E-state index is 14.3. The number of benzene rings is 2. The van der Waals surface area contributed by atoms with Crippen molar-refractivity contribution < 1.29 is 57.2 Å². The highest BCUT2D eigenvalue weighted by Crippen LogP contribution is 2.29. The summed E-state index contributed by atoms with van der Waals surface area (Å²) in [4.78, 5) is 87.0. The summed E-state index contributed by atoms with van der Waals surface area (Å²) in [5.74, 6) is -2.72. The lowest BCUT2D eigenvalue weighted by Gasteiger charge is -2.38. The quantitative estimate of drug-likeness (QED) is 0.206. The molecule has 56 heavy (non-hydrogen) atoms. The van der Waals surface area contributed by atoms with Gasteiger partial charge in [0.15, 0.2) is 6.04 Å². The van der Waals surface area contributed by atoms with Crippen LogP contribution in [0.3, 0.4) is 0 Å². The van der Waals surface area contributed by atoms with Crippen molar-refractivity contribution in [3.8, 4) is 0 Å². The van der Waals surface area contributed by atoms with Crippen LogP contribution in [0.4, 0.5) is 4.79 Å². The number of hydrogen-bond acceptors (Lipinski definition) is 16. The number of amides is 1. The molecule has 4 rings (SSSR count). The molecule has 0 aliphatic carbocycles. The average Bonchev–Trinajstić information content (AvgIpc) is 3.57. The van der Waals surface area contributed by atoms with Crippen LogP contribution in [0.25, 0.3) is 0 Å². The van der Waals surface area contributed by atoms with Crippen molar-refractivity contribution in [2.45, 2.75) is 38.3 Å². The summed E-state index contributed by atoms with van der Waals surface area (Å²) in [7, 11) is 3.90. The molecule has 1 amide bonds. The summed E-state index contributed by atoms with van der Waals surface area (Å²) in [5.41, 5.74) is 1.47. The second kappa shape index (κ2) is 22.5. The number of esters is 5. The lowest BCUT2D eigenvalue weighted by Crippen LogP contribution is -2.57. The molecule has 2 saturated heterocycles. The Morgan fingerprint density at radius 1 is 0.589 bits per heavy atom. The summed E-state index contributed by atoms with van der Waals surface area (Å²) >= 11 is 0. The van der Waals surface area contributed by atoms with E-state index in [1.54, 1.807) is 24.3 Å². The smallest absolute Gasteiger partial charge is 0.411 e. The molecule has 306 valence electrons. The Morgan fingerprint density at radius 3 is 1.41 bits per heavy atom. The van der Waals surface area contributed by atoms with Crippen LogP contribution in [0, 0.1) is 0 Å². The van der Waals surface area contributed by atoms with Crippen molar-refractivity contribution >= 4 is 35.9 Å². The number of ether oxygens (including phenoxy) is 6. The van der Waals surface area contributed by atoms with Gasteiger partial charge in [0.2, 0.25) is 0 Å². The molecule has 0 unspecified atom stereocenters. The normalized spacial score (nSPS) is 20.5. The average molecular weight is 784 g/mol. The first-order chi connectivity index (χ1) is 27.0. The van der Waals surface area contributed by atoms with Gasteiger partial charge >= 0.3 is 35.9 Å². The van der Waals surface area contributed by atoms with Gasteiger partial charge in [0.1, 0.15) is 19.3 Å². The first-order valence-corrected chi connectivity index (χ1v) is 18.5. The molecule has 2 aromatic carbocycles. The third-order valence-corrected chi connectivity index (χ3v) is 9.67. The highest BCUT2D eigenvalue weighted by atomic mass is 16.6. The zero-order valence-corrected chi connectivity index (χ0v) is 32.5. The molecule has 17 nitrogen and oxygen atoms in total. The van der Waals surface area contributed by atoms with Gasteiger partial charge in [-0.25, -0.2) is 9.59 Å². The summed E-state index contributed by atoms with van der Waals surface area (Å²) in [6.07, 6.45) is -1.78.